The molecule has 0 spiro atoms. The highest BCUT2D eigenvalue weighted by Crippen LogP contribution is 2.30. The highest BCUT2D eigenvalue weighted by molar-refractivity contribution is 7.89. The molecule has 38 heavy (non-hydrogen) atoms. The van der Waals surface area contributed by atoms with Crippen molar-refractivity contribution in [1.29, 1.82) is 0 Å². The highest BCUT2D eigenvalue weighted by Gasteiger charge is 2.30. The molecular weight excluding hydrogens is 504 g/mol. The van der Waals surface area contributed by atoms with E-state index >= 15 is 0 Å². The summed E-state index contributed by atoms with van der Waals surface area (Å²) in [6, 6.07) is 17.6. The minimum atomic E-state index is -4.10. The second-order valence-corrected chi connectivity index (χ2v) is 11.5. The van der Waals surface area contributed by atoms with Crippen molar-refractivity contribution in [3.8, 4) is 0 Å². The molecule has 0 heterocycles. The average molecular weight is 541 g/mol. The number of sulfonamides is 1. The molecule has 4 N–H and O–H groups in total. The fourth-order valence-electron chi connectivity index (χ4n) is 4.16. The van der Waals surface area contributed by atoms with Gasteiger partial charge in [-0.2, -0.15) is 4.72 Å². The summed E-state index contributed by atoms with van der Waals surface area (Å²) in [5.74, 6) is -1.44. The molecule has 0 aliphatic heterocycles. The zero-order valence-corrected chi connectivity index (χ0v) is 23.0. The van der Waals surface area contributed by atoms with E-state index in [1.54, 1.807) is 18.2 Å². The van der Waals surface area contributed by atoms with Gasteiger partial charge in [-0.25, -0.2) is 8.42 Å². The van der Waals surface area contributed by atoms with Crippen molar-refractivity contribution in [3.05, 3.63) is 72.3 Å². The van der Waals surface area contributed by atoms with E-state index in [0.29, 0.717) is 5.39 Å². The van der Waals surface area contributed by atoms with Gasteiger partial charge in [0.1, 0.15) is 12.1 Å². The lowest BCUT2D eigenvalue weighted by Crippen LogP contribution is -2.54. The number of nitrogens with one attached hydrogen (secondary N) is 2. The molecule has 0 saturated heterocycles. The molecule has 0 radical (unpaired) electrons. The molecular formula is C28H36N4O5S. The van der Waals surface area contributed by atoms with Gasteiger partial charge >= 0.3 is 0 Å². The maximum absolute atomic E-state index is 13.6. The van der Waals surface area contributed by atoms with Crippen LogP contribution in [0.3, 0.4) is 0 Å². The molecule has 204 valence electrons. The van der Waals surface area contributed by atoms with Gasteiger partial charge in [-0.05, 0) is 30.0 Å². The highest BCUT2D eigenvalue weighted by atomic mass is 32.2. The van der Waals surface area contributed by atoms with Gasteiger partial charge in [-0.1, -0.05) is 68.4 Å². The molecule has 0 aliphatic rings. The fraction of sp³-hybridized carbons (Fsp3) is 0.357. The number of hydrogen-bond donors (Lipinski definition) is 3. The number of carbonyl (C=O) groups is 2. The first-order valence-electron chi connectivity index (χ1n) is 12.4. The van der Waals surface area contributed by atoms with E-state index in [-0.39, 0.29) is 30.4 Å². The van der Waals surface area contributed by atoms with Crippen LogP contribution in [-0.2, 0) is 31.0 Å². The third kappa shape index (κ3) is 7.53. The summed E-state index contributed by atoms with van der Waals surface area (Å²) in [6.07, 6.45) is 0.217. The van der Waals surface area contributed by atoms with Crippen LogP contribution < -0.4 is 20.7 Å². The number of anilines is 1. The Labute approximate surface area is 224 Å². The lowest BCUT2D eigenvalue weighted by atomic mass is 10.0. The average Bonchev–Trinajstić information content (AvgIpc) is 2.86. The number of rotatable bonds is 13. The predicted octanol–water partition coefficient (Wildman–Crippen LogP) is 2.79. The summed E-state index contributed by atoms with van der Waals surface area (Å²) in [6.45, 7) is 3.85. The molecule has 0 fully saturated rings. The van der Waals surface area contributed by atoms with Gasteiger partial charge in [0.05, 0.1) is 18.1 Å². The molecule has 10 heteroatoms. The minimum absolute atomic E-state index is 0.0114. The SMILES string of the molecule is CC(C)C[C@H](NS(=O)(=O)c1cccc2c(N(C)C)cccc12)C(=O)N[C@H](COCc1ccccc1)C(N)=O. The number of carbonyl (C=O) groups excluding carboxylic acids is 2. The number of amides is 2. The first-order chi connectivity index (χ1) is 18.0. The van der Waals surface area contributed by atoms with Crippen LogP contribution in [0.5, 0.6) is 0 Å². The maximum atomic E-state index is 13.6. The van der Waals surface area contributed by atoms with Crippen molar-refractivity contribution in [2.75, 3.05) is 25.6 Å². The van der Waals surface area contributed by atoms with E-state index < -0.39 is 33.9 Å². The Bertz CT molecular complexity index is 1360. The molecule has 2 atom stereocenters. The third-order valence-electron chi connectivity index (χ3n) is 6.01. The van der Waals surface area contributed by atoms with Crippen LogP contribution in [0.25, 0.3) is 10.8 Å². The van der Waals surface area contributed by atoms with Crippen LogP contribution in [0.4, 0.5) is 5.69 Å². The van der Waals surface area contributed by atoms with E-state index in [1.807, 2.05) is 75.3 Å². The smallest absolute Gasteiger partial charge is 0.242 e. The zero-order chi connectivity index (χ0) is 27.9. The molecule has 3 aromatic carbocycles. The lowest BCUT2D eigenvalue weighted by Gasteiger charge is -2.23. The van der Waals surface area contributed by atoms with Crippen LogP contribution in [-0.4, -0.2) is 53.0 Å². The number of ether oxygens (including phenoxy) is 1. The Morgan fingerprint density at radius 2 is 1.58 bits per heavy atom. The summed E-state index contributed by atoms with van der Waals surface area (Å²) < 4.78 is 35.3. The van der Waals surface area contributed by atoms with E-state index in [1.165, 1.54) is 6.07 Å². The lowest BCUT2D eigenvalue weighted by molar-refractivity contribution is -0.130. The van der Waals surface area contributed by atoms with Crippen LogP contribution in [0.15, 0.2) is 71.6 Å². The van der Waals surface area contributed by atoms with Crippen LogP contribution in [0, 0.1) is 5.92 Å². The molecule has 3 rings (SSSR count). The van der Waals surface area contributed by atoms with Gasteiger partial charge in [0.25, 0.3) is 0 Å². The second kappa shape index (κ2) is 12.9. The molecule has 2 amide bonds. The van der Waals surface area contributed by atoms with Gasteiger partial charge in [0.2, 0.25) is 21.8 Å². The zero-order valence-electron chi connectivity index (χ0n) is 22.2. The van der Waals surface area contributed by atoms with E-state index in [2.05, 4.69) is 10.0 Å². The first-order valence-corrected chi connectivity index (χ1v) is 13.9. The summed E-state index contributed by atoms with van der Waals surface area (Å²) in [5, 5.41) is 3.89. The maximum Gasteiger partial charge on any atom is 0.242 e. The minimum Gasteiger partial charge on any atom is -0.377 e. The van der Waals surface area contributed by atoms with Crippen molar-refractivity contribution >= 4 is 38.3 Å². The molecule has 0 saturated carbocycles. The number of nitrogens with zero attached hydrogens (tertiary/aromatic N) is 1. The third-order valence-corrected chi connectivity index (χ3v) is 7.54. The number of nitrogens with two attached hydrogens (primary N) is 1. The standard InChI is InChI=1S/C28H36N4O5S/c1-19(2)16-23(28(34)30-24(27(29)33)18-37-17-20-10-6-5-7-11-20)31-38(35,36)26-15-9-12-21-22(26)13-8-14-25(21)32(3)4/h5-15,19,23-24,31H,16-18H2,1-4H3,(H2,29,33)(H,30,34)/t23-,24+/m0/s1. The Hall–Kier alpha value is -3.47. The second-order valence-electron chi connectivity index (χ2n) is 9.79. The van der Waals surface area contributed by atoms with Crippen molar-refractivity contribution < 1.29 is 22.7 Å². The first kappa shape index (κ1) is 29.1. The Morgan fingerprint density at radius 1 is 0.921 bits per heavy atom. The normalized spacial score (nSPS) is 13.3. The summed E-state index contributed by atoms with van der Waals surface area (Å²) in [5.41, 5.74) is 7.28. The van der Waals surface area contributed by atoms with E-state index in [0.717, 1.165) is 16.6 Å². The number of hydrogen-bond acceptors (Lipinski definition) is 6. The quantitative estimate of drug-likeness (QED) is 0.306. The number of primary amides is 1. The van der Waals surface area contributed by atoms with Gasteiger partial charge in [0.15, 0.2) is 0 Å². The number of benzene rings is 3. The molecule has 0 unspecified atom stereocenters. The van der Waals surface area contributed by atoms with Crippen LogP contribution in [0.1, 0.15) is 25.8 Å². The number of fused-ring (bicyclic) bond motifs is 1. The van der Waals surface area contributed by atoms with Crippen molar-refractivity contribution in [2.24, 2.45) is 11.7 Å². The topological polar surface area (TPSA) is 131 Å². The van der Waals surface area contributed by atoms with Crippen molar-refractivity contribution in [3.63, 3.8) is 0 Å². The van der Waals surface area contributed by atoms with Gasteiger partial charge in [0, 0.05) is 30.6 Å². The van der Waals surface area contributed by atoms with Gasteiger partial charge in [-0.3, -0.25) is 9.59 Å². The summed E-state index contributed by atoms with van der Waals surface area (Å²) >= 11 is 0. The van der Waals surface area contributed by atoms with Crippen LogP contribution >= 0.6 is 0 Å². The van der Waals surface area contributed by atoms with Gasteiger partial charge < -0.3 is 20.7 Å². The fourth-order valence-corrected chi connectivity index (χ4v) is 5.59. The molecule has 9 nitrogen and oxygen atoms in total. The molecule has 0 aromatic heterocycles. The Morgan fingerprint density at radius 3 is 2.21 bits per heavy atom. The van der Waals surface area contributed by atoms with E-state index in [9.17, 15) is 18.0 Å². The van der Waals surface area contributed by atoms with E-state index in [4.69, 9.17) is 10.5 Å². The van der Waals surface area contributed by atoms with Crippen LogP contribution in [0.2, 0.25) is 0 Å². The molecule has 0 bridgehead atoms. The Kier molecular flexibility index (Phi) is 9.84. The summed E-state index contributed by atoms with van der Waals surface area (Å²) in [4.78, 5) is 27.3. The van der Waals surface area contributed by atoms with Crippen molar-refractivity contribution in [2.45, 2.75) is 43.9 Å². The van der Waals surface area contributed by atoms with Crippen molar-refractivity contribution in [1.82, 2.24) is 10.0 Å². The molecule has 0 aliphatic carbocycles. The largest absolute Gasteiger partial charge is 0.377 e. The van der Waals surface area contributed by atoms with Gasteiger partial charge in [-0.15, -0.1) is 0 Å². The predicted molar refractivity (Wildman–Crippen MR) is 149 cm³/mol. The molecule has 3 aromatic rings. The summed E-state index contributed by atoms with van der Waals surface area (Å²) in [7, 11) is -0.335. The Balaban J connectivity index is 1.80. The monoisotopic (exact) mass is 540 g/mol.